The fourth-order valence-corrected chi connectivity index (χ4v) is 1.33. The van der Waals surface area contributed by atoms with Crippen molar-refractivity contribution < 1.29 is 0 Å². The Morgan fingerprint density at radius 2 is 2.31 bits per heavy atom. The molecule has 0 aliphatic rings. The van der Waals surface area contributed by atoms with Gasteiger partial charge in [-0.2, -0.15) is 5.10 Å². The van der Waals surface area contributed by atoms with E-state index >= 15 is 0 Å². The lowest BCUT2D eigenvalue weighted by atomic mass is 10.4. The summed E-state index contributed by atoms with van der Waals surface area (Å²) in [6.07, 6.45) is 5.44. The molecule has 0 saturated carbocycles. The summed E-state index contributed by atoms with van der Waals surface area (Å²) in [6.45, 7) is 1.96. The molecular formula is C9H8BrN3. The van der Waals surface area contributed by atoms with Gasteiger partial charge in [0.15, 0.2) is 0 Å². The van der Waals surface area contributed by atoms with E-state index in [1.807, 2.05) is 25.3 Å². The monoisotopic (exact) mass is 237 g/mol. The molecule has 2 rings (SSSR count). The van der Waals surface area contributed by atoms with Crippen LogP contribution in [-0.2, 0) is 0 Å². The van der Waals surface area contributed by atoms with E-state index in [-0.39, 0.29) is 0 Å². The smallest absolute Gasteiger partial charge is 0.0829 e. The Labute approximate surface area is 84.5 Å². The number of hydrogen-bond acceptors (Lipinski definition) is 2. The molecule has 0 bridgehead atoms. The average Bonchev–Trinajstić information content (AvgIpc) is 2.49. The van der Waals surface area contributed by atoms with Crippen LogP contribution in [0.3, 0.4) is 0 Å². The van der Waals surface area contributed by atoms with Gasteiger partial charge >= 0.3 is 0 Å². The van der Waals surface area contributed by atoms with Crippen molar-refractivity contribution in [3.05, 3.63) is 40.9 Å². The molecule has 0 aliphatic carbocycles. The zero-order valence-electron chi connectivity index (χ0n) is 7.11. The maximum atomic E-state index is 4.31. The van der Waals surface area contributed by atoms with Crippen LogP contribution in [0.1, 0.15) is 5.69 Å². The van der Waals surface area contributed by atoms with Gasteiger partial charge in [-0.05, 0) is 35.0 Å². The molecule has 0 unspecified atom stereocenters. The van der Waals surface area contributed by atoms with Gasteiger partial charge < -0.3 is 0 Å². The van der Waals surface area contributed by atoms with Crippen LogP contribution in [0.5, 0.6) is 0 Å². The first-order chi connectivity index (χ1) is 6.27. The van der Waals surface area contributed by atoms with E-state index in [1.54, 1.807) is 17.1 Å². The first-order valence-corrected chi connectivity index (χ1v) is 4.69. The molecule has 0 aromatic carbocycles. The maximum Gasteiger partial charge on any atom is 0.0829 e. The van der Waals surface area contributed by atoms with Gasteiger partial charge in [0.25, 0.3) is 0 Å². The molecule has 4 heteroatoms. The highest BCUT2D eigenvalue weighted by molar-refractivity contribution is 9.10. The van der Waals surface area contributed by atoms with Crippen LogP contribution in [0.4, 0.5) is 0 Å². The second kappa shape index (κ2) is 3.30. The summed E-state index contributed by atoms with van der Waals surface area (Å²) in [4.78, 5) is 4.02. The van der Waals surface area contributed by atoms with Crippen molar-refractivity contribution in [2.45, 2.75) is 6.92 Å². The molecule has 3 nitrogen and oxygen atoms in total. The van der Waals surface area contributed by atoms with Crippen LogP contribution in [0.15, 0.2) is 35.2 Å². The first kappa shape index (κ1) is 8.44. The van der Waals surface area contributed by atoms with Crippen LogP contribution in [0, 0.1) is 6.92 Å². The number of pyridine rings is 1. The average molecular weight is 238 g/mol. The zero-order chi connectivity index (χ0) is 9.26. The first-order valence-electron chi connectivity index (χ1n) is 3.89. The van der Waals surface area contributed by atoms with Gasteiger partial charge in [0.2, 0.25) is 0 Å². The molecule has 0 N–H and O–H groups in total. The molecule has 0 atom stereocenters. The van der Waals surface area contributed by atoms with Crippen molar-refractivity contribution in [2.75, 3.05) is 0 Å². The standard InChI is InChI=1S/C9H8BrN3/c1-7-9(10)6-13(12-7)8-3-2-4-11-5-8/h2-6H,1H3. The van der Waals surface area contributed by atoms with E-state index < -0.39 is 0 Å². The van der Waals surface area contributed by atoms with Crippen molar-refractivity contribution in [1.29, 1.82) is 0 Å². The predicted octanol–water partition coefficient (Wildman–Crippen LogP) is 2.34. The van der Waals surface area contributed by atoms with Crippen LogP contribution in [0.25, 0.3) is 5.69 Å². The van der Waals surface area contributed by atoms with Gasteiger partial charge in [-0.25, -0.2) is 4.68 Å². The maximum absolute atomic E-state index is 4.31. The highest BCUT2D eigenvalue weighted by atomic mass is 79.9. The summed E-state index contributed by atoms with van der Waals surface area (Å²) in [7, 11) is 0. The summed E-state index contributed by atoms with van der Waals surface area (Å²) in [5, 5.41) is 4.31. The van der Waals surface area contributed by atoms with Crippen LogP contribution < -0.4 is 0 Å². The van der Waals surface area contributed by atoms with E-state index in [1.165, 1.54) is 0 Å². The lowest BCUT2D eigenvalue weighted by Crippen LogP contribution is -1.94. The number of nitrogens with zero attached hydrogens (tertiary/aromatic N) is 3. The van der Waals surface area contributed by atoms with Crippen molar-refractivity contribution >= 4 is 15.9 Å². The third kappa shape index (κ3) is 1.62. The Hall–Kier alpha value is -1.16. The summed E-state index contributed by atoms with van der Waals surface area (Å²) in [5.41, 5.74) is 1.94. The van der Waals surface area contributed by atoms with E-state index in [9.17, 15) is 0 Å². The Bertz CT molecular complexity index is 389. The molecule has 2 aromatic rings. The highest BCUT2D eigenvalue weighted by Crippen LogP contribution is 2.15. The minimum absolute atomic E-state index is 0.969. The largest absolute Gasteiger partial charge is 0.262 e. The number of aryl methyl sites for hydroxylation is 1. The van der Waals surface area contributed by atoms with E-state index in [2.05, 4.69) is 26.0 Å². The minimum Gasteiger partial charge on any atom is -0.262 e. The Kier molecular flexibility index (Phi) is 2.14. The summed E-state index contributed by atoms with van der Waals surface area (Å²) in [5.74, 6) is 0. The third-order valence-corrected chi connectivity index (χ3v) is 2.53. The van der Waals surface area contributed by atoms with Gasteiger partial charge in [0, 0.05) is 12.4 Å². The van der Waals surface area contributed by atoms with Crippen LogP contribution >= 0.6 is 15.9 Å². The molecule has 2 heterocycles. The van der Waals surface area contributed by atoms with Crippen LogP contribution in [0.2, 0.25) is 0 Å². The van der Waals surface area contributed by atoms with Crippen LogP contribution in [-0.4, -0.2) is 14.8 Å². The molecule has 0 spiro atoms. The number of hydrogen-bond donors (Lipinski definition) is 0. The molecule has 0 amide bonds. The normalized spacial score (nSPS) is 10.3. The minimum atomic E-state index is 0.969. The van der Waals surface area contributed by atoms with Crippen molar-refractivity contribution in [2.24, 2.45) is 0 Å². The van der Waals surface area contributed by atoms with Gasteiger partial charge in [0.05, 0.1) is 22.1 Å². The topological polar surface area (TPSA) is 30.7 Å². The number of aromatic nitrogens is 3. The second-order valence-electron chi connectivity index (χ2n) is 2.72. The molecule has 0 saturated heterocycles. The van der Waals surface area contributed by atoms with E-state index in [4.69, 9.17) is 0 Å². The van der Waals surface area contributed by atoms with Crippen molar-refractivity contribution in [3.8, 4) is 5.69 Å². The van der Waals surface area contributed by atoms with Gasteiger partial charge in [-0.1, -0.05) is 0 Å². The number of rotatable bonds is 1. The highest BCUT2D eigenvalue weighted by Gasteiger charge is 2.02. The number of halogens is 1. The molecule has 0 aliphatic heterocycles. The Morgan fingerprint density at radius 3 is 2.85 bits per heavy atom. The molecule has 0 radical (unpaired) electrons. The second-order valence-corrected chi connectivity index (χ2v) is 3.57. The molecule has 0 fully saturated rings. The van der Waals surface area contributed by atoms with E-state index in [0.29, 0.717) is 0 Å². The Balaban J connectivity index is 2.48. The zero-order valence-corrected chi connectivity index (χ0v) is 8.69. The summed E-state index contributed by atoms with van der Waals surface area (Å²) < 4.78 is 2.81. The van der Waals surface area contributed by atoms with Gasteiger partial charge in [-0.3, -0.25) is 4.98 Å². The van der Waals surface area contributed by atoms with E-state index in [0.717, 1.165) is 15.9 Å². The Morgan fingerprint density at radius 1 is 1.46 bits per heavy atom. The van der Waals surface area contributed by atoms with Crippen molar-refractivity contribution in [3.63, 3.8) is 0 Å². The van der Waals surface area contributed by atoms with Crippen molar-refractivity contribution in [1.82, 2.24) is 14.8 Å². The fraction of sp³-hybridized carbons (Fsp3) is 0.111. The SMILES string of the molecule is Cc1nn(-c2cccnc2)cc1Br. The molecule has 66 valence electrons. The lowest BCUT2D eigenvalue weighted by molar-refractivity contribution is 0.857. The van der Waals surface area contributed by atoms with Gasteiger partial charge in [0.1, 0.15) is 0 Å². The molecule has 2 aromatic heterocycles. The summed E-state index contributed by atoms with van der Waals surface area (Å²) >= 11 is 3.41. The fourth-order valence-electron chi connectivity index (χ4n) is 1.06. The predicted molar refractivity (Wildman–Crippen MR) is 53.8 cm³/mol. The third-order valence-electron chi connectivity index (χ3n) is 1.75. The quantitative estimate of drug-likeness (QED) is 0.763. The summed E-state index contributed by atoms with van der Waals surface area (Å²) in [6, 6.07) is 3.85. The van der Waals surface area contributed by atoms with Gasteiger partial charge in [-0.15, -0.1) is 0 Å². The molecular weight excluding hydrogens is 230 g/mol. The lowest BCUT2D eigenvalue weighted by Gasteiger charge is -1.97. The molecule has 13 heavy (non-hydrogen) atoms.